The third-order valence-corrected chi connectivity index (χ3v) is 2.05. The number of rotatable bonds is 1. The molecule has 1 aromatic heterocycles. The van der Waals surface area contributed by atoms with Crippen LogP contribution >= 0.6 is 0 Å². The van der Waals surface area contributed by atoms with Gasteiger partial charge in [0.05, 0.1) is 12.0 Å². The van der Waals surface area contributed by atoms with Crippen molar-refractivity contribution in [3.63, 3.8) is 0 Å². The van der Waals surface area contributed by atoms with Gasteiger partial charge in [0.25, 0.3) is 0 Å². The standard InChI is InChI=1S/C10H11NO/c1-2-7-5-8-3-4-12-10(8)9(11)6-7/h3-6H,2,11H2,1H3. The molecule has 0 spiro atoms. The van der Waals surface area contributed by atoms with E-state index in [-0.39, 0.29) is 0 Å². The van der Waals surface area contributed by atoms with E-state index in [1.165, 1.54) is 5.56 Å². The molecule has 0 saturated heterocycles. The Kier molecular flexibility index (Phi) is 1.54. The lowest BCUT2D eigenvalue weighted by atomic mass is 10.1. The first-order chi connectivity index (χ1) is 5.81. The van der Waals surface area contributed by atoms with E-state index in [1.54, 1.807) is 6.26 Å². The zero-order valence-corrected chi connectivity index (χ0v) is 7.00. The van der Waals surface area contributed by atoms with Gasteiger partial charge < -0.3 is 10.2 Å². The summed E-state index contributed by atoms with van der Waals surface area (Å²) in [6, 6.07) is 6.01. The molecule has 0 radical (unpaired) electrons. The second kappa shape index (κ2) is 2.55. The van der Waals surface area contributed by atoms with Crippen LogP contribution in [0.25, 0.3) is 11.0 Å². The average molecular weight is 161 g/mol. The van der Waals surface area contributed by atoms with Crippen LogP contribution < -0.4 is 5.73 Å². The molecular formula is C10H11NO. The van der Waals surface area contributed by atoms with Gasteiger partial charge >= 0.3 is 0 Å². The van der Waals surface area contributed by atoms with Gasteiger partial charge in [0.1, 0.15) is 0 Å². The minimum Gasteiger partial charge on any atom is -0.462 e. The average Bonchev–Trinajstić information content (AvgIpc) is 2.52. The summed E-state index contributed by atoms with van der Waals surface area (Å²) in [6.07, 6.45) is 2.67. The number of nitrogen functional groups attached to an aromatic ring is 1. The van der Waals surface area contributed by atoms with Crippen molar-refractivity contribution in [1.29, 1.82) is 0 Å². The third kappa shape index (κ3) is 0.961. The predicted octanol–water partition coefficient (Wildman–Crippen LogP) is 2.58. The highest BCUT2D eigenvalue weighted by Crippen LogP contribution is 2.24. The molecule has 2 nitrogen and oxygen atoms in total. The number of furan rings is 1. The highest BCUT2D eigenvalue weighted by Gasteiger charge is 2.02. The molecule has 2 aromatic rings. The van der Waals surface area contributed by atoms with Gasteiger partial charge in [-0.1, -0.05) is 6.92 Å². The van der Waals surface area contributed by atoms with Gasteiger partial charge in [0.2, 0.25) is 0 Å². The summed E-state index contributed by atoms with van der Waals surface area (Å²) >= 11 is 0. The number of hydrogen-bond acceptors (Lipinski definition) is 2. The second-order valence-corrected chi connectivity index (χ2v) is 2.88. The van der Waals surface area contributed by atoms with Crippen LogP contribution in [0.1, 0.15) is 12.5 Å². The molecule has 0 aliphatic heterocycles. The highest BCUT2D eigenvalue weighted by atomic mass is 16.3. The van der Waals surface area contributed by atoms with E-state index in [1.807, 2.05) is 12.1 Å². The lowest BCUT2D eigenvalue weighted by Gasteiger charge is -1.99. The minimum absolute atomic E-state index is 0.731. The van der Waals surface area contributed by atoms with Gasteiger partial charge in [-0.15, -0.1) is 0 Å². The molecule has 0 fully saturated rings. The highest BCUT2D eigenvalue weighted by molar-refractivity contribution is 5.88. The normalized spacial score (nSPS) is 10.8. The number of nitrogens with two attached hydrogens (primary N) is 1. The summed E-state index contributed by atoms with van der Waals surface area (Å²) in [6.45, 7) is 2.11. The fourth-order valence-corrected chi connectivity index (χ4v) is 1.38. The Morgan fingerprint density at radius 1 is 1.42 bits per heavy atom. The molecule has 0 aliphatic carbocycles. The van der Waals surface area contributed by atoms with Gasteiger partial charge in [0, 0.05) is 5.39 Å². The summed E-state index contributed by atoms with van der Waals surface area (Å²) in [4.78, 5) is 0. The maximum Gasteiger partial charge on any atom is 0.156 e. The van der Waals surface area contributed by atoms with Crippen LogP contribution in [0, 0.1) is 0 Å². The Bertz CT molecular complexity index is 403. The van der Waals surface area contributed by atoms with Gasteiger partial charge in [-0.2, -0.15) is 0 Å². The van der Waals surface area contributed by atoms with Crippen LogP contribution in [0.3, 0.4) is 0 Å². The van der Waals surface area contributed by atoms with E-state index in [2.05, 4.69) is 13.0 Å². The minimum atomic E-state index is 0.731. The van der Waals surface area contributed by atoms with Crippen LogP contribution in [-0.2, 0) is 6.42 Å². The summed E-state index contributed by atoms with van der Waals surface area (Å²) in [5.41, 5.74) is 8.56. The largest absolute Gasteiger partial charge is 0.462 e. The molecular weight excluding hydrogens is 150 g/mol. The lowest BCUT2D eigenvalue weighted by molar-refractivity contribution is 0.617. The lowest BCUT2D eigenvalue weighted by Crippen LogP contribution is -1.88. The molecule has 0 amide bonds. The summed E-state index contributed by atoms with van der Waals surface area (Å²) in [5, 5.41) is 1.09. The molecule has 0 bridgehead atoms. The number of aryl methyl sites for hydroxylation is 1. The van der Waals surface area contributed by atoms with Crippen molar-refractivity contribution in [2.75, 3.05) is 5.73 Å². The maximum absolute atomic E-state index is 5.78. The first kappa shape index (κ1) is 7.22. The molecule has 12 heavy (non-hydrogen) atoms. The van der Waals surface area contributed by atoms with Gasteiger partial charge in [-0.3, -0.25) is 0 Å². The van der Waals surface area contributed by atoms with E-state index in [4.69, 9.17) is 10.2 Å². The molecule has 2 N–H and O–H groups in total. The van der Waals surface area contributed by atoms with E-state index in [0.717, 1.165) is 23.1 Å². The topological polar surface area (TPSA) is 39.2 Å². The third-order valence-electron chi connectivity index (χ3n) is 2.05. The molecule has 1 heterocycles. The van der Waals surface area contributed by atoms with Crippen molar-refractivity contribution in [3.8, 4) is 0 Å². The van der Waals surface area contributed by atoms with E-state index < -0.39 is 0 Å². The Balaban J connectivity index is 2.75. The molecule has 0 aliphatic rings. The van der Waals surface area contributed by atoms with Crippen molar-refractivity contribution >= 4 is 16.7 Å². The molecule has 2 rings (SSSR count). The zero-order chi connectivity index (χ0) is 8.55. The molecule has 1 aromatic carbocycles. The predicted molar refractivity (Wildman–Crippen MR) is 50.0 cm³/mol. The smallest absolute Gasteiger partial charge is 0.156 e. The number of hydrogen-bond donors (Lipinski definition) is 1. The van der Waals surface area contributed by atoms with Crippen LogP contribution in [0.15, 0.2) is 28.9 Å². The van der Waals surface area contributed by atoms with Crippen molar-refractivity contribution in [1.82, 2.24) is 0 Å². The second-order valence-electron chi connectivity index (χ2n) is 2.88. The Hall–Kier alpha value is -1.44. The Morgan fingerprint density at radius 3 is 3.00 bits per heavy atom. The molecule has 0 saturated carbocycles. The van der Waals surface area contributed by atoms with Crippen molar-refractivity contribution in [2.24, 2.45) is 0 Å². The van der Waals surface area contributed by atoms with Gasteiger partial charge in [-0.25, -0.2) is 0 Å². The molecule has 0 atom stereocenters. The Morgan fingerprint density at radius 2 is 2.25 bits per heavy atom. The number of fused-ring (bicyclic) bond motifs is 1. The first-order valence-corrected chi connectivity index (χ1v) is 4.07. The van der Waals surface area contributed by atoms with E-state index >= 15 is 0 Å². The van der Waals surface area contributed by atoms with Crippen LogP contribution in [-0.4, -0.2) is 0 Å². The SMILES string of the molecule is CCc1cc(N)c2occc2c1. The Labute approximate surface area is 71.0 Å². The van der Waals surface area contributed by atoms with E-state index in [9.17, 15) is 0 Å². The summed E-state index contributed by atoms with van der Waals surface area (Å²) < 4.78 is 5.22. The summed E-state index contributed by atoms with van der Waals surface area (Å²) in [7, 11) is 0. The van der Waals surface area contributed by atoms with Crippen LogP contribution in [0.5, 0.6) is 0 Å². The summed E-state index contributed by atoms with van der Waals surface area (Å²) in [5.74, 6) is 0. The molecule has 2 heteroatoms. The van der Waals surface area contributed by atoms with Crippen molar-refractivity contribution in [3.05, 3.63) is 30.0 Å². The molecule has 62 valence electrons. The van der Waals surface area contributed by atoms with E-state index in [0.29, 0.717) is 0 Å². The van der Waals surface area contributed by atoms with Gasteiger partial charge in [0.15, 0.2) is 5.58 Å². The monoisotopic (exact) mass is 161 g/mol. The van der Waals surface area contributed by atoms with Crippen molar-refractivity contribution < 1.29 is 4.42 Å². The zero-order valence-electron chi connectivity index (χ0n) is 7.00. The fourth-order valence-electron chi connectivity index (χ4n) is 1.38. The van der Waals surface area contributed by atoms with Crippen molar-refractivity contribution in [2.45, 2.75) is 13.3 Å². The first-order valence-electron chi connectivity index (χ1n) is 4.07. The number of benzene rings is 1. The molecule has 0 unspecified atom stereocenters. The number of anilines is 1. The van der Waals surface area contributed by atoms with Crippen LogP contribution in [0.2, 0.25) is 0 Å². The quantitative estimate of drug-likeness (QED) is 0.653. The maximum atomic E-state index is 5.78. The fraction of sp³-hybridized carbons (Fsp3) is 0.200. The van der Waals surface area contributed by atoms with Crippen LogP contribution in [0.4, 0.5) is 5.69 Å². The van der Waals surface area contributed by atoms with Gasteiger partial charge in [-0.05, 0) is 30.2 Å².